The smallest absolute Gasteiger partial charge is 0.189 e. The third-order valence-corrected chi connectivity index (χ3v) is 3.44. The first-order valence-electron chi connectivity index (χ1n) is 5.13. The summed E-state index contributed by atoms with van der Waals surface area (Å²) >= 11 is 3.16. The Morgan fingerprint density at radius 3 is 2.75 bits per heavy atom. The molecule has 1 N–H and O–H groups in total. The highest BCUT2D eigenvalue weighted by atomic mass is 79.9. The van der Waals surface area contributed by atoms with Crippen molar-refractivity contribution < 1.29 is 19.3 Å². The molecule has 2 heterocycles. The third kappa shape index (κ3) is 1.98. The largest absolute Gasteiger partial charge is 0.389 e. The molecule has 0 bridgehead atoms. The molecule has 16 heavy (non-hydrogen) atoms. The van der Waals surface area contributed by atoms with Crippen LogP contribution >= 0.6 is 15.9 Å². The number of alkyl halides is 1. The highest BCUT2D eigenvalue weighted by Crippen LogP contribution is 2.41. The lowest BCUT2D eigenvalue weighted by Gasteiger charge is -2.24. The van der Waals surface area contributed by atoms with Crippen LogP contribution in [0.4, 0.5) is 0 Å². The van der Waals surface area contributed by atoms with E-state index in [2.05, 4.69) is 22.0 Å². The molecule has 90 valence electrons. The monoisotopic (exact) mass is 291 g/mol. The second kappa shape index (κ2) is 4.24. The van der Waals surface area contributed by atoms with Crippen molar-refractivity contribution in [2.24, 2.45) is 5.92 Å². The van der Waals surface area contributed by atoms with E-state index in [4.69, 9.17) is 19.5 Å². The maximum Gasteiger partial charge on any atom is 0.189 e. The molecular formula is C10H14BrNO4. The van der Waals surface area contributed by atoms with Crippen molar-refractivity contribution in [2.75, 3.05) is 5.33 Å². The number of fused-ring (bicyclic) bond motifs is 1. The first-order chi connectivity index (χ1) is 7.48. The van der Waals surface area contributed by atoms with Crippen molar-refractivity contribution in [1.82, 2.24) is 0 Å². The molecule has 0 unspecified atom stereocenters. The Morgan fingerprint density at radius 1 is 1.50 bits per heavy atom. The minimum atomic E-state index is -0.731. The third-order valence-electron chi connectivity index (χ3n) is 2.77. The molecular weight excluding hydrogens is 278 g/mol. The average Bonchev–Trinajstić information content (AvgIpc) is 2.68. The Kier molecular flexibility index (Phi) is 3.25. The van der Waals surface area contributed by atoms with E-state index in [9.17, 15) is 5.11 Å². The summed E-state index contributed by atoms with van der Waals surface area (Å²) in [6.07, 6.45) is -2.27. The van der Waals surface area contributed by atoms with Crippen LogP contribution in [-0.2, 0) is 14.2 Å². The van der Waals surface area contributed by atoms with E-state index >= 15 is 0 Å². The molecule has 0 aliphatic carbocycles. The van der Waals surface area contributed by atoms with Gasteiger partial charge in [-0.3, -0.25) is 0 Å². The van der Waals surface area contributed by atoms with Crippen molar-refractivity contribution in [3.8, 4) is 6.07 Å². The molecule has 5 atom stereocenters. The van der Waals surface area contributed by atoms with Crippen LogP contribution in [0.5, 0.6) is 0 Å². The van der Waals surface area contributed by atoms with Crippen molar-refractivity contribution in [2.45, 2.75) is 44.2 Å². The van der Waals surface area contributed by atoms with Crippen LogP contribution in [0.1, 0.15) is 13.8 Å². The van der Waals surface area contributed by atoms with E-state index in [0.717, 1.165) is 0 Å². The molecule has 2 rings (SSSR count). The Balaban J connectivity index is 2.13. The zero-order valence-corrected chi connectivity index (χ0v) is 10.7. The van der Waals surface area contributed by atoms with Gasteiger partial charge in [-0.1, -0.05) is 15.9 Å². The number of halogens is 1. The maximum atomic E-state index is 9.71. The molecule has 0 aromatic rings. The Morgan fingerprint density at radius 2 is 2.19 bits per heavy atom. The molecule has 2 fully saturated rings. The molecule has 0 spiro atoms. The lowest BCUT2D eigenvalue weighted by Crippen LogP contribution is -2.37. The van der Waals surface area contributed by atoms with Gasteiger partial charge in [0.25, 0.3) is 0 Å². The molecule has 0 aromatic heterocycles. The molecule has 0 radical (unpaired) electrons. The van der Waals surface area contributed by atoms with Gasteiger partial charge >= 0.3 is 0 Å². The van der Waals surface area contributed by atoms with Crippen LogP contribution in [0, 0.1) is 17.2 Å². The van der Waals surface area contributed by atoms with E-state index in [0.29, 0.717) is 5.33 Å². The SMILES string of the molecule is CC1(C)O[C@H]2O[C@H]([C@@H](O)CBr)[C@@H](C#N)[C@H]2O1. The van der Waals surface area contributed by atoms with Crippen LogP contribution < -0.4 is 0 Å². The lowest BCUT2D eigenvalue weighted by atomic mass is 9.97. The van der Waals surface area contributed by atoms with Gasteiger partial charge in [0.15, 0.2) is 12.1 Å². The second-order valence-electron chi connectivity index (χ2n) is 4.45. The highest BCUT2D eigenvalue weighted by Gasteiger charge is 2.56. The predicted molar refractivity (Wildman–Crippen MR) is 57.6 cm³/mol. The molecule has 2 aliphatic rings. The van der Waals surface area contributed by atoms with E-state index in [1.807, 2.05) is 0 Å². The molecule has 0 saturated carbocycles. The maximum absolute atomic E-state index is 9.71. The standard InChI is InChI=1S/C10H14BrNO4/c1-10(2)15-8-5(4-12)7(6(13)3-11)14-9(8)16-10/h5-9,13H,3H2,1-2H3/t5-,6+,7+,8-,9-/m1/s1. The number of aliphatic hydroxyl groups excluding tert-OH is 1. The Labute approximate surface area is 102 Å². The molecule has 0 amide bonds. The van der Waals surface area contributed by atoms with Crippen LogP contribution in [0.3, 0.4) is 0 Å². The number of ether oxygens (including phenoxy) is 3. The predicted octanol–water partition coefficient (Wildman–Crippen LogP) is 0.758. The highest BCUT2D eigenvalue weighted by molar-refractivity contribution is 9.09. The molecule has 2 aliphatic heterocycles. The lowest BCUT2D eigenvalue weighted by molar-refractivity contribution is -0.216. The summed E-state index contributed by atoms with van der Waals surface area (Å²) in [6, 6.07) is 2.13. The second-order valence-corrected chi connectivity index (χ2v) is 5.09. The summed E-state index contributed by atoms with van der Waals surface area (Å²) < 4.78 is 16.6. The summed E-state index contributed by atoms with van der Waals surface area (Å²) in [4.78, 5) is 0. The van der Waals surface area contributed by atoms with Gasteiger partial charge in [0.05, 0.1) is 12.2 Å². The van der Waals surface area contributed by atoms with Crippen LogP contribution in [-0.4, -0.2) is 40.8 Å². The van der Waals surface area contributed by atoms with Crippen LogP contribution in [0.25, 0.3) is 0 Å². The minimum absolute atomic E-state index is 0.360. The van der Waals surface area contributed by atoms with Gasteiger partial charge in [0.2, 0.25) is 0 Å². The molecule has 0 aromatic carbocycles. The number of hydrogen-bond acceptors (Lipinski definition) is 5. The molecule has 2 saturated heterocycles. The van der Waals surface area contributed by atoms with Crippen molar-refractivity contribution >= 4 is 15.9 Å². The van der Waals surface area contributed by atoms with Gasteiger partial charge in [-0.2, -0.15) is 5.26 Å². The number of nitrogens with zero attached hydrogens (tertiary/aromatic N) is 1. The fraction of sp³-hybridized carbons (Fsp3) is 0.900. The van der Waals surface area contributed by atoms with Gasteiger partial charge in [0.1, 0.15) is 18.1 Å². The summed E-state index contributed by atoms with van der Waals surface area (Å²) in [5, 5.41) is 19.2. The van der Waals surface area contributed by atoms with Crippen molar-refractivity contribution in [1.29, 1.82) is 5.26 Å². The zero-order valence-electron chi connectivity index (χ0n) is 9.09. The van der Waals surface area contributed by atoms with Crippen molar-refractivity contribution in [3.05, 3.63) is 0 Å². The average molecular weight is 292 g/mol. The van der Waals surface area contributed by atoms with Gasteiger partial charge in [-0.25, -0.2) is 0 Å². The summed E-state index contributed by atoms with van der Waals surface area (Å²) in [5.74, 6) is -1.23. The normalized spacial score (nSPS) is 42.7. The van der Waals surface area contributed by atoms with Crippen molar-refractivity contribution in [3.63, 3.8) is 0 Å². The van der Waals surface area contributed by atoms with Gasteiger partial charge < -0.3 is 19.3 Å². The van der Waals surface area contributed by atoms with Crippen LogP contribution in [0.15, 0.2) is 0 Å². The summed E-state index contributed by atoms with van der Waals surface area (Å²) in [7, 11) is 0. The first-order valence-corrected chi connectivity index (χ1v) is 6.25. The minimum Gasteiger partial charge on any atom is -0.389 e. The zero-order chi connectivity index (χ0) is 11.9. The summed E-state index contributed by atoms with van der Waals surface area (Å²) in [6.45, 7) is 3.55. The van der Waals surface area contributed by atoms with E-state index in [1.54, 1.807) is 13.8 Å². The van der Waals surface area contributed by atoms with E-state index < -0.39 is 36.3 Å². The molecule has 5 nitrogen and oxygen atoms in total. The Bertz CT molecular complexity index is 316. The van der Waals surface area contributed by atoms with Gasteiger partial charge in [-0.15, -0.1) is 0 Å². The number of hydrogen-bond donors (Lipinski definition) is 1. The number of nitriles is 1. The van der Waals surface area contributed by atoms with Crippen LogP contribution in [0.2, 0.25) is 0 Å². The number of rotatable bonds is 2. The van der Waals surface area contributed by atoms with E-state index in [1.165, 1.54) is 0 Å². The fourth-order valence-electron chi connectivity index (χ4n) is 2.10. The quantitative estimate of drug-likeness (QED) is 0.761. The van der Waals surface area contributed by atoms with E-state index in [-0.39, 0.29) is 0 Å². The topological polar surface area (TPSA) is 71.7 Å². The molecule has 6 heteroatoms. The fourth-order valence-corrected chi connectivity index (χ4v) is 2.47. The van der Waals surface area contributed by atoms with Gasteiger partial charge in [-0.05, 0) is 13.8 Å². The van der Waals surface area contributed by atoms with Gasteiger partial charge in [0, 0.05) is 5.33 Å². The number of aliphatic hydroxyl groups is 1. The summed E-state index contributed by atoms with van der Waals surface area (Å²) in [5.41, 5.74) is 0. The Hall–Kier alpha value is -0.190. The first kappa shape index (κ1) is 12.3.